The zero-order valence-electron chi connectivity index (χ0n) is 15.5. The molecule has 4 rings (SSSR count). The SMILES string of the molecule is O=C(Nc1cccc2c1CCCC2)[C@H]1CCCN1S(=O)(=O)c1ccc(Cl)cc1. The number of hydrogen-bond donors (Lipinski definition) is 1. The van der Waals surface area contributed by atoms with E-state index >= 15 is 0 Å². The van der Waals surface area contributed by atoms with E-state index in [-0.39, 0.29) is 10.8 Å². The number of nitrogens with zero attached hydrogens (tertiary/aromatic N) is 1. The van der Waals surface area contributed by atoms with E-state index in [0.29, 0.717) is 24.4 Å². The summed E-state index contributed by atoms with van der Waals surface area (Å²) < 4.78 is 27.4. The Labute approximate surface area is 170 Å². The Kier molecular flexibility index (Phi) is 5.45. The molecule has 28 heavy (non-hydrogen) atoms. The van der Waals surface area contributed by atoms with Gasteiger partial charge in [-0.25, -0.2) is 8.42 Å². The van der Waals surface area contributed by atoms with Crippen molar-refractivity contribution in [2.75, 3.05) is 11.9 Å². The monoisotopic (exact) mass is 418 g/mol. The van der Waals surface area contributed by atoms with Gasteiger partial charge in [0.05, 0.1) is 4.90 Å². The van der Waals surface area contributed by atoms with Crippen LogP contribution in [0, 0.1) is 0 Å². The van der Waals surface area contributed by atoms with Crippen molar-refractivity contribution >= 4 is 33.2 Å². The van der Waals surface area contributed by atoms with E-state index in [1.165, 1.54) is 34.0 Å². The standard InChI is InChI=1S/C21H23ClN2O3S/c22-16-10-12-17(13-11-16)28(26,27)24-14-4-9-20(24)21(25)23-19-8-3-6-15-5-1-2-7-18(15)19/h3,6,8,10-13,20H,1-2,4-5,7,9,14H2,(H,23,25)/t20-/m1/s1. The summed E-state index contributed by atoms with van der Waals surface area (Å²) in [6.07, 6.45) is 5.44. The number of sulfonamides is 1. The van der Waals surface area contributed by atoms with Crippen molar-refractivity contribution < 1.29 is 13.2 Å². The average Bonchev–Trinajstić information content (AvgIpc) is 3.20. The number of rotatable bonds is 4. The molecule has 1 atom stereocenters. The van der Waals surface area contributed by atoms with E-state index in [4.69, 9.17) is 11.6 Å². The number of aryl methyl sites for hydroxylation is 1. The first-order valence-electron chi connectivity index (χ1n) is 9.66. The molecule has 0 aromatic heterocycles. The molecule has 1 N–H and O–H groups in total. The topological polar surface area (TPSA) is 66.5 Å². The lowest BCUT2D eigenvalue weighted by Crippen LogP contribution is -2.43. The first-order valence-corrected chi connectivity index (χ1v) is 11.5. The second-order valence-electron chi connectivity index (χ2n) is 7.37. The summed E-state index contributed by atoms with van der Waals surface area (Å²) in [6.45, 7) is 0.343. The number of halogens is 1. The molecule has 148 valence electrons. The lowest BCUT2D eigenvalue weighted by Gasteiger charge is -2.25. The Morgan fingerprint density at radius 3 is 2.57 bits per heavy atom. The molecule has 2 aromatic rings. The molecule has 0 bridgehead atoms. The van der Waals surface area contributed by atoms with Crippen molar-refractivity contribution in [3.8, 4) is 0 Å². The zero-order valence-corrected chi connectivity index (χ0v) is 17.1. The maximum atomic E-state index is 13.0. The number of benzene rings is 2. The Bertz CT molecular complexity index is 989. The third-order valence-corrected chi connectivity index (χ3v) is 7.75. The number of nitrogens with one attached hydrogen (secondary N) is 1. The lowest BCUT2D eigenvalue weighted by molar-refractivity contribution is -0.119. The predicted molar refractivity (Wildman–Crippen MR) is 110 cm³/mol. The maximum Gasteiger partial charge on any atom is 0.243 e. The smallest absolute Gasteiger partial charge is 0.243 e. The van der Waals surface area contributed by atoms with Crippen LogP contribution in [0.25, 0.3) is 0 Å². The number of carbonyl (C=O) groups is 1. The van der Waals surface area contributed by atoms with Crippen LogP contribution in [0.4, 0.5) is 5.69 Å². The van der Waals surface area contributed by atoms with Crippen LogP contribution in [0.3, 0.4) is 0 Å². The number of fused-ring (bicyclic) bond motifs is 1. The first kappa shape index (κ1) is 19.4. The van der Waals surface area contributed by atoms with Crippen LogP contribution >= 0.6 is 11.6 Å². The fourth-order valence-electron chi connectivity index (χ4n) is 4.15. The van der Waals surface area contributed by atoms with Gasteiger partial charge in [0, 0.05) is 17.3 Å². The highest BCUT2D eigenvalue weighted by Crippen LogP contribution is 2.30. The van der Waals surface area contributed by atoms with Gasteiger partial charge in [0.2, 0.25) is 15.9 Å². The van der Waals surface area contributed by atoms with E-state index in [2.05, 4.69) is 11.4 Å². The van der Waals surface area contributed by atoms with Gasteiger partial charge in [0.15, 0.2) is 0 Å². The van der Waals surface area contributed by atoms with Gasteiger partial charge >= 0.3 is 0 Å². The van der Waals surface area contributed by atoms with Crippen LogP contribution in [-0.4, -0.2) is 31.2 Å². The fraction of sp³-hybridized carbons (Fsp3) is 0.381. The van der Waals surface area contributed by atoms with Crippen molar-refractivity contribution in [2.24, 2.45) is 0 Å². The van der Waals surface area contributed by atoms with E-state index in [1.54, 1.807) is 12.1 Å². The Hall–Kier alpha value is -1.89. The van der Waals surface area contributed by atoms with Gasteiger partial charge in [-0.05, 0) is 80.0 Å². The van der Waals surface area contributed by atoms with Crippen molar-refractivity contribution in [3.63, 3.8) is 0 Å². The molecular weight excluding hydrogens is 396 g/mol. The highest BCUT2D eigenvalue weighted by atomic mass is 35.5. The molecule has 1 fully saturated rings. The molecule has 5 nitrogen and oxygen atoms in total. The molecule has 1 heterocycles. The molecule has 7 heteroatoms. The van der Waals surface area contributed by atoms with Gasteiger partial charge in [-0.2, -0.15) is 4.31 Å². The summed E-state index contributed by atoms with van der Waals surface area (Å²) >= 11 is 5.88. The molecule has 0 unspecified atom stereocenters. The van der Waals surface area contributed by atoms with Crippen molar-refractivity contribution in [2.45, 2.75) is 49.5 Å². The molecule has 2 aromatic carbocycles. The largest absolute Gasteiger partial charge is 0.324 e. The quantitative estimate of drug-likeness (QED) is 0.815. The number of carbonyl (C=O) groups excluding carboxylic acids is 1. The number of anilines is 1. The molecule has 0 saturated carbocycles. The third kappa shape index (κ3) is 3.69. The second kappa shape index (κ2) is 7.85. The van der Waals surface area contributed by atoms with Gasteiger partial charge < -0.3 is 5.32 Å². The van der Waals surface area contributed by atoms with E-state index in [0.717, 1.165) is 24.9 Å². The summed E-state index contributed by atoms with van der Waals surface area (Å²) in [5, 5.41) is 3.48. The van der Waals surface area contributed by atoms with Crippen molar-refractivity contribution in [3.05, 3.63) is 58.6 Å². The van der Waals surface area contributed by atoms with Crippen LogP contribution in [-0.2, 0) is 27.7 Å². The Balaban J connectivity index is 1.57. The van der Waals surface area contributed by atoms with Gasteiger partial charge in [-0.3, -0.25) is 4.79 Å². The molecule has 1 aliphatic carbocycles. The van der Waals surface area contributed by atoms with E-state index in [1.807, 2.05) is 12.1 Å². The third-order valence-electron chi connectivity index (χ3n) is 5.58. The van der Waals surface area contributed by atoms with Crippen LogP contribution in [0.15, 0.2) is 47.4 Å². The number of amides is 1. The molecular formula is C21H23ClN2O3S. The zero-order chi connectivity index (χ0) is 19.7. The molecule has 2 aliphatic rings. The van der Waals surface area contributed by atoms with Gasteiger partial charge in [-0.1, -0.05) is 23.7 Å². The molecule has 0 radical (unpaired) electrons. The minimum Gasteiger partial charge on any atom is -0.324 e. The van der Waals surface area contributed by atoms with E-state index in [9.17, 15) is 13.2 Å². The summed E-state index contributed by atoms with van der Waals surface area (Å²) in [6, 6.07) is 11.4. The summed E-state index contributed by atoms with van der Waals surface area (Å²) in [5.41, 5.74) is 3.28. The van der Waals surface area contributed by atoms with Crippen molar-refractivity contribution in [1.82, 2.24) is 4.31 Å². The van der Waals surface area contributed by atoms with Crippen LogP contribution in [0.1, 0.15) is 36.8 Å². The van der Waals surface area contributed by atoms with Crippen molar-refractivity contribution in [1.29, 1.82) is 0 Å². The molecule has 1 amide bonds. The van der Waals surface area contributed by atoms with Gasteiger partial charge in [0.1, 0.15) is 6.04 Å². The van der Waals surface area contributed by atoms with Gasteiger partial charge in [-0.15, -0.1) is 0 Å². The summed E-state index contributed by atoms with van der Waals surface area (Å²) in [5.74, 6) is -0.256. The van der Waals surface area contributed by atoms with Crippen LogP contribution in [0.5, 0.6) is 0 Å². The summed E-state index contributed by atoms with van der Waals surface area (Å²) in [7, 11) is -3.75. The fourth-order valence-corrected chi connectivity index (χ4v) is 5.93. The van der Waals surface area contributed by atoms with Gasteiger partial charge in [0.25, 0.3) is 0 Å². The predicted octanol–water partition coefficient (Wildman–Crippen LogP) is 4.01. The normalized spacial score (nSPS) is 20.0. The first-order chi connectivity index (χ1) is 13.5. The molecule has 1 saturated heterocycles. The van der Waals surface area contributed by atoms with E-state index < -0.39 is 16.1 Å². The minimum atomic E-state index is -3.75. The van der Waals surface area contributed by atoms with Crippen LogP contribution < -0.4 is 5.32 Å². The average molecular weight is 419 g/mol. The molecule has 0 spiro atoms. The lowest BCUT2D eigenvalue weighted by atomic mass is 9.90. The number of hydrogen-bond acceptors (Lipinski definition) is 3. The maximum absolute atomic E-state index is 13.0. The van der Waals surface area contributed by atoms with Crippen LogP contribution in [0.2, 0.25) is 5.02 Å². The Morgan fingerprint density at radius 1 is 1.04 bits per heavy atom. The summed E-state index contributed by atoms with van der Waals surface area (Å²) in [4.78, 5) is 13.2. The Morgan fingerprint density at radius 2 is 1.79 bits per heavy atom. The minimum absolute atomic E-state index is 0.161. The highest BCUT2D eigenvalue weighted by Gasteiger charge is 2.39. The second-order valence-corrected chi connectivity index (χ2v) is 9.69. The highest BCUT2D eigenvalue weighted by molar-refractivity contribution is 7.89. The molecule has 1 aliphatic heterocycles.